The Kier molecular flexibility index (Phi) is 4.24. The van der Waals surface area contributed by atoms with Crippen molar-refractivity contribution in [2.75, 3.05) is 12.1 Å². The van der Waals surface area contributed by atoms with Gasteiger partial charge in [-0.25, -0.2) is 9.99 Å². The van der Waals surface area contributed by atoms with E-state index in [9.17, 15) is 0 Å². The van der Waals surface area contributed by atoms with Gasteiger partial charge >= 0.3 is 0 Å². The van der Waals surface area contributed by atoms with Crippen molar-refractivity contribution in [3.63, 3.8) is 0 Å². The van der Waals surface area contributed by atoms with Crippen LogP contribution in [0.15, 0.2) is 65.1 Å². The van der Waals surface area contributed by atoms with E-state index in [4.69, 9.17) is 9.84 Å². The second-order valence-electron chi connectivity index (χ2n) is 6.02. The van der Waals surface area contributed by atoms with Crippen LogP contribution in [0.4, 0.5) is 5.13 Å². The number of thiazole rings is 1. The quantitative estimate of drug-likeness (QED) is 0.678. The van der Waals surface area contributed by atoms with Gasteiger partial charge in [-0.2, -0.15) is 5.10 Å². The summed E-state index contributed by atoms with van der Waals surface area (Å²) in [5.74, 6) is 0.864. The summed E-state index contributed by atoms with van der Waals surface area (Å²) in [6.07, 6.45) is 0.856. The lowest BCUT2D eigenvalue weighted by Crippen LogP contribution is -2.18. The third-order valence-corrected chi connectivity index (χ3v) is 5.27. The van der Waals surface area contributed by atoms with Gasteiger partial charge in [0.25, 0.3) is 0 Å². The molecule has 1 aromatic heterocycles. The van der Waals surface area contributed by atoms with E-state index in [1.807, 2.05) is 25.1 Å². The van der Waals surface area contributed by atoms with Gasteiger partial charge in [-0.1, -0.05) is 42.5 Å². The number of ether oxygens (including phenoxy) is 1. The standard InChI is InChI=1S/C20H19N3OS/c1-14-13-25-20(21-14)23-19(16-8-10-17(24-2)11-9-16)12-18(22-23)15-6-4-3-5-7-15/h3-11,13,19H,12H2,1-2H3/t19-/m0/s1. The zero-order valence-electron chi connectivity index (χ0n) is 14.2. The number of hydrogen-bond donors (Lipinski definition) is 0. The van der Waals surface area contributed by atoms with E-state index in [0.29, 0.717) is 0 Å². The lowest BCUT2D eigenvalue weighted by molar-refractivity contribution is 0.414. The molecule has 126 valence electrons. The van der Waals surface area contributed by atoms with Crippen LogP contribution in [0.25, 0.3) is 0 Å². The summed E-state index contributed by atoms with van der Waals surface area (Å²) in [6.45, 7) is 2.01. The largest absolute Gasteiger partial charge is 0.497 e. The lowest BCUT2D eigenvalue weighted by atomic mass is 9.98. The zero-order chi connectivity index (χ0) is 17.2. The van der Waals surface area contributed by atoms with Crippen LogP contribution in [-0.4, -0.2) is 17.8 Å². The normalized spacial score (nSPS) is 16.8. The maximum absolute atomic E-state index is 5.28. The fourth-order valence-electron chi connectivity index (χ4n) is 3.02. The topological polar surface area (TPSA) is 37.7 Å². The average molecular weight is 349 g/mol. The van der Waals surface area contributed by atoms with Crippen LogP contribution in [0, 0.1) is 6.92 Å². The van der Waals surface area contributed by atoms with Gasteiger partial charge in [0.2, 0.25) is 5.13 Å². The predicted molar refractivity (Wildman–Crippen MR) is 103 cm³/mol. The predicted octanol–water partition coefficient (Wildman–Crippen LogP) is 4.82. The number of anilines is 1. The van der Waals surface area contributed by atoms with Gasteiger partial charge in [0.15, 0.2) is 0 Å². The number of methoxy groups -OCH3 is 1. The third kappa shape index (κ3) is 3.15. The highest BCUT2D eigenvalue weighted by atomic mass is 32.1. The molecule has 2 heterocycles. The summed E-state index contributed by atoms with van der Waals surface area (Å²) in [5, 5.41) is 9.97. The van der Waals surface area contributed by atoms with E-state index in [-0.39, 0.29) is 6.04 Å². The molecule has 0 fully saturated rings. The second-order valence-corrected chi connectivity index (χ2v) is 6.86. The zero-order valence-corrected chi connectivity index (χ0v) is 15.0. The van der Waals surface area contributed by atoms with Gasteiger partial charge in [-0.05, 0) is 30.2 Å². The Morgan fingerprint density at radius 2 is 1.84 bits per heavy atom. The average Bonchev–Trinajstić information content (AvgIpc) is 3.29. The molecular weight excluding hydrogens is 330 g/mol. The monoisotopic (exact) mass is 349 g/mol. The molecule has 0 bridgehead atoms. The van der Waals surface area contributed by atoms with Crippen LogP contribution < -0.4 is 9.75 Å². The number of rotatable bonds is 4. The highest BCUT2D eigenvalue weighted by Gasteiger charge is 2.31. The van der Waals surface area contributed by atoms with Crippen molar-refractivity contribution in [1.29, 1.82) is 0 Å². The van der Waals surface area contributed by atoms with Crippen LogP contribution in [0.3, 0.4) is 0 Å². The van der Waals surface area contributed by atoms with Crippen molar-refractivity contribution in [2.24, 2.45) is 5.10 Å². The SMILES string of the molecule is COc1ccc([C@@H]2CC(c3ccccc3)=NN2c2nc(C)cs2)cc1. The van der Waals surface area contributed by atoms with Gasteiger partial charge in [-0.15, -0.1) is 11.3 Å². The molecule has 0 radical (unpaired) electrons. The minimum absolute atomic E-state index is 0.145. The summed E-state index contributed by atoms with van der Waals surface area (Å²) in [7, 11) is 1.69. The van der Waals surface area contributed by atoms with E-state index in [1.54, 1.807) is 18.4 Å². The Morgan fingerprint density at radius 1 is 1.08 bits per heavy atom. The van der Waals surface area contributed by atoms with Crippen LogP contribution >= 0.6 is 11.3 Å². The summed E-state index contributed by atoms with van der Waals surface area (Å²) in [5.41, 5.74) is 4.49. The van der Waals surface area contributed by atoms with Gasteiger partial charge in [0, 0.05) is 11.8 Å². The number of hydrogen-bond acceptors (Lipinski definition) is 5. The second kappa shape index (κ2) is 6.69. The molecule has 0 amide bonds. The first-order valence-electron chi connectivity index (χ1n) is 8.23. The highest BCUT2D eigenvalue weighted by Crippen LogP contribution is 2.38. The molecule has 4 nitrogen and oxygen atoms in total. The molecule has 0 aliphatic carbocycles. The Bertz CT molecular complexity index is 887. The molecule has 1 aliphatic rings. The lowest BCUT2D eigenvalue weighted by Gasteiger charge is -2.21. The fourth-order valence-corrected chi connectivity index (χ4v) is 3.83. The molecule has 0 saturated heterocycles. The molecule has 5 heteroatoms. The molecule has 0 N–H and O–H groups in total. The van der Waals surface area contributed by atoms with E-state index in [0.717, 1.165) is 34.3 Å². The third-order valence-electron chi connectivity index (χ3n) is 4.32. The molecule has 4 rings (SSSR count). The Morgan fingerprint density at radius 3 is 2.48 bits per heavy atom. The first kappa shape index (κ1) is 15.8. The Labute approximate surface area is 151 Å². The van der Waals surface area contributed by atoms with Gasteiger partial charge < -0.3 is 4.74 Å². The van der Waals surface area contributed by atoms with E-state index >= 15 is 0 Å². The van der Waals surface area contributed by atoms with Crippen LogP contribution in [-0.2, 0) is 0 Å². The smallest absolute Gasteiger partial charge is 0.206 e. The molecule has 25 heavy (non-hydrogen) atoms. The summed E-state index contributed by atoms with van der Waals surface area (Å²) < 4.78 is 5.28. The van der Waals surface area contributed by atoms with Gasteiger partial charge in [0.05, 0.1) is 24.6 Å². The van der Waals surface area contributed by atoms with E-state index < -0.39 is 0 Å². The maximum atomic E-state index is 5.28. The Hall–Kier alpha value is -2.66. The number of benzene rings is 2. The minimum Gasteiger partial charge on any atom is -0.497 e. The van der Waals surface area contributed by atoms with Crippen LogP contribution in [0.5, 0.6) is 5.75 Å². The fraction of sp³-hybridized carbons (Fsp3) is 0.200. The van der Waals surface area contributed by atoms with Crippen molar-refractivity contribution < 1.29 is 4.74 Å². The van der Waals surface area contributed by atoms with Crippen molar-refractivity contribution >= 4 is 22.2 Å². The number of aromatic nitrogens is 1. The summed E-state index contributed by atoms with van der Waals surface area (Å²) in [6, 6.07) is 18.7. The van der Waals surface area contributed by atoms with Crippen LogP contribution in [0.2, 0.25) is 0 Å². The Balaban J connectivity index is 1.72. The summed E-state index contributed by atoms with van der Waals surface area (Å²) >= 11 is 1.63. The summed E-state index contributed by atoms with van der Waals surface area (Å²) in [4.78, 5) is 4.64. The number of hydrazone groups is 1. The molecule has 2 aromatic carbocycles. The molecule has 1 aliphatic heterocycles. The molecule has 0 saturated carbocycles. The minimum atomic E-state index is 0.145. The molecule has 1 atom stereocenters. The number of nitrogens with zero attached hydrogens (tertiary/aromatic N) is 3. The first-order chi connectivity index (χ1) is 12.2. The molecule has 0 spiro atoms. The number of aryl methyl sites for hydroxylation is 1. The molecule has 3 aromatic rings. The van der Waals surface area contributed by atoms with Crippen molar-refractivity contribution in [2.45, 2.75) is 19.4 Å². The van der Waals surface area contributed by atoms with E-state index in [2.05, 4.69) is 51.8 Å². The molecular formula is C20H19N3OS. The maximum Gasteiger partial charge on any atom is 0.206 e. The van der Waals surface area contributed by atoms with Crippen molar-refractivity contribution in [3.8, 4) is 5.75 Å². The van der Waals surface area contributed by atoms with Crippen molar-refractivity contribution in [3.05, 3.63) is 76.8 Å². The van der Waals surface area contributed by atoms with E-state index in [1.165, 1.54) is 5.56 Å². The van der Waals surface area contributed by atoms with Gasteiger partial charge in [-0.3, -0.25) is 0 Å². The van der Waals surface area contributed by atoms with Gasteiger partial charge in [0.1, 0.15) is 5.75 Å². The first-order valence-corrected chi connectivity index (χ1v) is 9.11. The molecule has 0 unspecified atom stereocenters. The van der Waals surface area contributed by atoms with Crippen molar-refractivity contribution in [1.82, 2.24) is 4.98 Å². The van der Waals surface area contributed by atoms with Crippen LogP contribution in [0.1, 0.15) is 29.3 Å². The highest BCUT2D eigenvalue weighted by molar-refractivity contribution is 7.13.